The van der Waals surface area contributed by atoms with Gasteiger partial charge in [-0.25, -0.2) is 4.79 Å². The van der Waals surface area contributed by atoms with Gasteiger partial charge in [0.25, 0.3) is 0 Å². The maximum atomic E-state index is 11.0. The molecule has 18 heavy (non-hydrogen) atoms. The molecule has 0 atom stereocenters. The lowest BCUT2D eigenvalue weighted by molar-refractivity contribution is -0.389. The zero-order chi connectivity index (χ0) is 13.3. The highest BCUT2D eigenvalue weighted by atomic mass is 35.5. The summed E-state index contributed by atoms with van der Waals surface area (Å²) < 4.78 is 1.24. The predicted molar refractivity (Wildman–Crippen MR) is 62.2 cm³/mol. The van der Waals surface area contributed by atoms with Crippen molar-refractivity contribution in [1.29, 1.82) is 0 Å². The molecular weight excluding hydrogens is 262 g/mol. The molecule has 0 aliphatic rings. The summed E-state index contributed by atoms with van der Waals surface area (Å²) in [7, 11) is 0. The van der Waals surface area contributed by atoms with Crippen molar-refractivity contribution < 1.29 is 14.8 Å². The van der Waals surface area contributed by atoms with E-state index in [1.165, 1.54) is 22.8 Å². The number of halogens is 1. The second-order valence-electron chi connectivity index (χ2n) is 3.36. The van der Waals surface area contributed by atoms with Gasteiger partial charge in [-0.2, -0.15) is 0 Å². The van der Waals surface area contributed by atoms with Gasteiger partial charge in [-0.1, -0.05) is 11.6 Å². The van der Waals surface area contributed by atoms with Crippen LogP contribution in [0.5, 0.6) is 0 Å². The van der Waals surface area contributed by atoms with Crippen LogP contribution in [0.2, 0.25) is 5.02 Å². The first-order chi connectivity index (χ1) is 8.49. The highest BCUT2D eigenvalue weighted by Gasteiger charge is 2.16. The van der Waals surface area contributed by atoms with Gasteiger partial charge >= 0.3 is 11.8 Å². The lowest BCUT2D eigenvalue weighted by Crippen LogP contribution is -2.04. The number of carboxylic acids is 1. The van der Waals surface area contributed by atoms with Gasteiger partial charge in [-0.05, 0) is 28.1 Å². The maximum absolute atomic E-state index is 11.0. The first-order valence-corrected chi connectivity index (χ1v) is 5.08. The Bertz CT molecular complexity index is 638. The molecule has 2 rings (SSSR count). The molecule has 2 aromatic rings. The summed E-state index contributed by atoms with van der Waals surface area (Å²) in [5, 5.41) is 19.9. The molecule has 0 unspecified atom stereocenters. The Morgan fingerprint density at radius 2 is 2.22 bits per heavy atom. The average molecular weight is 268 g/mol. The van der Waals surface area contributed by atoms with E-state index in [-0.39, 0.29) is 17.1 Å². The van der Waals surface area contributed by atoms with Crippen LogP contribution in [0.15, 0.2) is 30.7 Å². The summed E-state index contributed by atoms with van der Waals surface area (Å²) in [5.74, 6) is -1.52. The third kappa shape index (κ3) is 2.16. The van der Waals surface area contributed by atoms with Gasteiger partial charge in [0.2, 0.25) is 6.33 Å². The van der Waals surface area contributed by atoms with Crippen molar-refractivity contribution in [2.24, 2.45) is 0 Å². The number of hydrogen-bond donors (Lipinski definition) is 1. The number of carbonyl (C=O) groups is 1. The second kappa shape index (κ2) is 4.46. The molecule has 0 bridgehead atoms. The highest BCUT2D eigenvalue weighted by molar-refractivity contribution is 6.30. The highest BCUT2D eigenvalue weighted by Crippen LogP contribution is 2.21. The van der Waals surface area contributed by atoms with E-state index >= 15 is 0 Å². The molecule has 0 fully saturated rings. The second-order valence-corrected chi connectivity index (χ2v) is 3.80. The van der Waals surface area contributed by atoms with E-state index in [0.29, 0.717) is 5.02 Å². The number of aromatic carboxylic acids is 1. The topological polar surface area (TPSA) is 98.3 Å². The number of benzene rings is 1. The van der Waals surface area contributed by atoms with Crippen molar-refractivity contribution in [2.45, 2.75) is 0 Å². The van der Waals surface area contributed by atoms with E-state index < -0.39 is 10.9 Å². The van der Waals surface area contributed by atoms with Gasteiger partial charge in [0.1, 0.15) is 6.20 Å². The summed E-state index contributed by atoms with van der Waals surface area (Å²) in [6, 6.07) is 4.15. The van der Waals surface area contributed by atoms with Gasteiger partial charge < -0.3 is 15.2 Å². The number of carboxylic acid groups (broad SMARTS) is 1. The molecule has 8 heteroatoms. The van der Waals surface area contributed by atoms with E-state index in [9.17, 15) is 14.9 Å². The molecule has 0 radical (unpaired) electrons. The molecule has 1 N–H and O–H groups in total. The molecular formula is C10H6ClN3O4. The summed E-state index contributed by atoms with van der Waals surface area (Å²) >= 11 is 5.78. The molecule has 0 aliphatic carbocycles. The van der Waals surface area contributed by atoms with Crippen molar-refractivity contribution >= 4 is 23.4 Å². The van der Waals surface area contributed by atoms with Crippen molar-refractivity contribution in [3.63, 3.8) is 0 Å². The van der Waals surface area contributed by atoms with Crippen LogP contribution in [0, 0.1) is 10.1 Å². The minimum absolute atomic E-state index is 0.0216. The molecule has 0 amide bonds. The van der Waals surface area contributed by atoms with Gasteiger partial charge in [0, 0.05) is 5.02 Å². The third-order valence-electron chi connectivity index (χ3n) is 2.22. The maximum Gasteiger partial charge on any atom is 0.381 e. The molecule has 0 saturated heterocycles. The monoisotopic (exact) mass is 267 g/mol. The number of nitrogens with zero attached hydrogens (tertiary/aromatic N) is 3. The van der Waals surface area contributed by atoms with Crippen molar-refractivity contribution in [2.75, 3.05) is 0 Å². The molecule has 0 spiro atoms. The van der Waals surface area contributed by atoms with E-state index in [1.54, 1.807) is 0 Å². The fourth-order valence-electron chi connectivity index (χ4n) is 1.44. The van der Waals surface area contributed by atoms with Crippen molar-refractivity contribution in [3.05, 3.63) is 51.4 Å². The Labute approximate surface area is 105 Å². The van der Waals surface area contributed by atoms with Gasteiger partial charge in [0.05, 0.1) is 11.3 Å². The van der Waals surface area contributed by atoms with Crippen LogP contribution in [0.1, 0.15) is 10.4 Å². The van der Waals surface area contributed by atoms with Crippen LogP contribution >= 0.6 is 11.6 Å². The van der Waals surface area contributed by atoms with Gasteiger partial charge in [-0.15, -0.1) is 0 Å². The summed E-state index contributed by atoms with van der Waals surface area (Å²) in [6.45, 7) is 0. The molecule has 1 aromatic carbocycles. The first kappa shape index (κ1) is 12.1. The lowest BCUT2D eigenvalue weighted by Gasteiger charge is -2.05. The fourth-order valence-corrected chi connectivity index (χ4v) is 1.60. The number of hydrogen-bond acceptors (Lipinski definition) is 4. The summed E-state index contributed by atoms with van der Waals surface area (Å²) in [6.07, 6.45) is 2.29. The number of nitro groups is 1. The van der Waals surface area contributed by atoms with Gasteiger partial charge in [-0.3, -0.25) is 4.57 Å². The Balaban J connectivity index is 2.57. The minimum Gasteiger partial charge on any atom is -0.478 e. The molecule has 0 aliphatic heterocycles. The van der Waals surface area contributed by atoms with Crippen LogP contribution in [0.4, 0.5) is 5.82 Å². The van der Waals surface area contributed by atoms with Crippen LogP contribution in [-0.4, -0.2) is 25.6 Å². The number of imidazole rings is 1. The van der Waals surface area contributed by atoms with E-state index in [4.69, 9.17) is 16.7 Å². The normalized spacial score (nSPS) is 10.3. The molecule has 7 nitrogen and oxygen atoms in total. The van der Waals surface area contributed by atoms with Crippen LogP contribution in [-0.2, 0) is 0 Å². The summed E-state index contributed by atoms with van der Waals surface area (Å²) in [4.78, 5) is 24.4. The molecule has 92 valence electrons. The lowest BCUT2D eigenvalue weighted by atomic mass is 10.2. The van der Waals surface area contributed by atoms with Crippen LogP contribution in [0.3, 0.4) is 0 Å². The average Bonchev–Trinajstić information content (AvgIpc) is 2.77. The molecule has 1 aromatic heterocycles. The van der Waals surface area contributed by atoms with Crippen molar-refractivity contribution in [1.82, 2.24) is 9.55 Å². The van der Waals surface area contributed by atoms with Gasteiger partial charge in [0.15, 0.2) is 0 Å². The minimum atomic E-state index is -1.15. The zero-order valence-electron chi connectivity index (χ0n) is 8.78. The quantitative estimate of drug-likeness (QED) is 0.678. The Morgan fingerprint density at radius 1 is 1.50 bits per heavy atom. The van der Waals surface area contributed by atoms with E-state index in [0.717, 1.165) is 12.5 Å². The SMILES string of the molecule is O=C(O)c1ccc(Cl)cc1-n1cnc([N+](=O)[O-])c1. The molecule has 1 heterocycles. The van der Waals surface area contributed by atoms with Crippen LogP contribution in [0.25, 0.3) is 5.69 Å². The first-order valence-electron chi connectivity index (χ1n) is 4.70. The largest absolute Gasteiger partial charge is 0.478 e. The Kier molecular flexibility index (Phi) is 2.99. The molecule has 0 saturated carbocycles. The zero-order valence-corrected chi connectivity index (χ0v) is 9.53. The Hall–Kier alpha value is -2.41. The standard InChI is InChI=1S/C10H6ClN3O4/c11-6-1-2-7(10(15)16)8(3-6)13-4-9(12-5-13)14(17)18/h1-5H,(H,15,16). The van der Waals surface area contributed by atoms with E-state index in [2.05, 4.69) is 4.98 Å². The Morgan fingerprint density at radius 3 is 2.78 bits per heavy atom. The van der Waals surface area contributed by atoms with Crippen LogP contribution < -0.4 is 0 Å². The third-order valence-corrected chi connectivity index (χ3v) is 2.46. The van der Waals surface area contributed by atoms with E-state index in [1.807, 2.05) is 0 Å². The number of rotatable bonds is 3. The summed E-state index contributed by atoms with van der Waals surface area (Å²) in [5.41, 5.74) is 0.197. The fraction of sp³-hybridized carbons (Fsp3) is 0. The smallest absolute Gasteiger partial charge is 0.381 e. The predicted octanol–water partition coefficient (Wildman–Crippen LogP) is 2.13. The van der Waals surface area contributed by atoms with Crippen molar-refractivity contribution in [3.8, 4) is 5.69 Å². The number of aromatic nitrogens is 2.